The van der Waals surface area contributed by atoms with Gasteiger partial charge >= 0.3 is 0 Å². The van der Waals surface area contributed by atoms with Crippen LogP contribution in [0.5, 0.6) is 0 Å². The fourth-order valence-electron chi connectivity index (χ4n) is 3.18. The molecule has 3 nitrogen and oxygen atoms in total. The van der Waals surface area contributed by atoms with Crippen molar-refractivity contribution in [3.8, 4) is 0 Å². The van der Waals surface area contributed by atoms with Gasteiger partial charge in [0.05, 0.1) is 21.1 Å². The molecule has 0 N–H and O–H groups in total. The van der Waals surface area contributed by atoms with Crippen molar-refractivity contribution in [2.45, 2.75) is 36.5 Å². The lowest BCUT2D eigenvalue weighted by molar-refractivity contribution is -0.924. The summed E-state index contributed by atoms with van der Waals surface area (Å²) in [5, 5.41) is -0.0521. The van der Waals surface area contributed by atoms with Gasteiger partial charge < -0.3 is 4.48 Å². The smallest absolute Gasteiger partial charge is 0.165 e. The minimum absolute atomic E-state index is 0.0388. The van der Waals surface area contributed by atoms with E-state index in [0.29, 0.717) is 5.75 Å². The number of fused-ring (bicyclic) bond motifs is 1. The van der Waals surface area contributed by atoms with Crippen molar-refractivity contribution in [2.24, 2.45) is 0 Å². The van der Waals surface area contributed by atoms with Crippen LogP contribution in [0.1, 0.15) is 25.7 Å². The van der Waals surface area contributed by atoms with Crippen molar-refractivity contribution in [3.63, 3.8) is 0 Å². The Morgan fingerprint density at radius 3 is 2.29 bits per heavy atom. The molecule has 0 amide bonds. The summed E-state index contributed by atoms with van der Waals surface area (Å²) in [6.45, 7) is 0. The highest BCUT2D eigenvalue weighted by Crippen LogP contribution is 2.48. The number of rotatable bonds is 1. The van der Waals surface area contributed by atoms with Crippen LogP contribution in [0, 0.1) is 0 Å². The van der Waals surface area contributed by atoms with Crippen LogP contribution in [0.15, 0.2) is 0 Å². The zero-order valence-corrected chi connectivity index (χ0v) is 10.1. The van der Waals surface area contributed by atoms with Gasteiger partial charge in [0.1, 0.15) is 16.5 Å². The van der Waals surface area contributed by atoms with Gasteiger partial charge in [0.2, 0.25) is 0 Å². The maximum atomic E-state index is 11.7. The van der Waals surface area contributed by atoms with Gasteiger partial charge in [0, 0.05) is 6.42 Å². The average Bonchev–Trinajstić information content (AvgIpc) is 2.00. The highest BCUT2D eigenvalue weighted by Gasteiger charge is 2.66. The molecule has 0 bridgehead atoms. The molecule has 0 aromatic carbocycles. The van der Waals surface area contributed by atoms with Crippen molar-refractivity contribution in [2.75, 3.05) is 26.9 Å². The lowest BCUT2D eigenvalue weighted by Gasteiger charge is -2.58. The first kappa shape index (κ1) is 10.4. The van der Waals surface area contributed by atoms with E-state index in [2.05, 4.69) is 21.1 Å². The lowest BCUT2D eigenvalue weighted by Crippen LogP contribution is -2.76. The molecular formula is C10H20NO2S+. The Morgan fingerprint density at radius 2 is 1.86 bits per heavy atom. The Bertz CT molecular complexity index is 342. The molecule has 4 heteroatoms. The van der Waals surface area contributed by atoms with E-state index in [4.69, 9.17) is 0 Å². The summed E-state index contributed by atoms with van der Waals surface area (Å²) in [4.78, 5) is 0. The Kier molecular flexibility index (Phi) is 2.03. The number of hydrogen-bond donors (Lipinski definition) is 0. The van der Waals surface area contributed by atoms with Crippen LogP contribution in [-0.2, 0) is 9.84 Å². The summed E-state index contributed by atoms with van der Waals surface area (Å²) in [5.41, 5.74) is 0.0388. The summed E-state index contributed by atoms with van der Waals surface area (Å²) >= 11 is 0. The van der Waals surface area contributed by atoms with Gasteiger partial charge in [-0.2, -0.15) is 0 Å². The Balaban J connectivity index is 2.36. The van der Waals surface area contributed by atoms with Crippen molar-refractivity contribution in [3.05, 3.63) is 0 Å². The minimum Gasteiger partial charge on any atom is -0.324 e. The molecule has 1 aliphatic carbocycles. The van der Waals surface area contributed by atoms with E-state index in [9.17, 15) is 8.42 Å². The van der Waals surface area contributed by atoms with E-state index in [0.717, 1.165) is 23.7 Å². The molecule has 2 aliphatic rings. The predicted molar refractivity (Wildman–Crippen MR) is 56.8 cm³/mol. The second kappa shape index (κ2) is 2.73. The Morgan fingerprint density at radius 1 is 1.21 bits per heavy atom. The Hall–Kier alpha value is -0.0900. The quantitative estimate of drug-likeness (QED) is 0.610. The van der Waals surface area contributed by atoms with Crippen LogP contribution in [0.4, 0.5) is 0 Å². The van der Waals surface area contributed by atoms with Gasteiger partial charge in [-0.05, 0) is 12.8 Å². The van der Waals surface area contributed by atoms with Crippen LogP contribution in [-0.4, -0.2) is 50.6 Å². The topological polar surface area (TPSA) is 34.1 Å². The van der Waals surface area contributed by atoms with Crippen LogP contribution in [0.25, 0.3) is 0 Å². The minimum atomic E-state index is -2.74. The first-order chi connectivity index (χ1) is 6.30. The fourth-order valence-corrected chi connectivity index (χ4v) is 6.23. The number of sulfone groups is 1. The van der Waals surface area contributed by atoms with Crippen molar-refractivity contribution in [1.29, 1.82) is 0 Å². The molecule has 14 heavy (non-hydrogen) atoms. The molecule has 2 atom stereocenters. The Labute approximate surface area is 86.6 Å². The van der Waals surface area contributed by atoms with E-state index in [-0.39, 0.29) is 10.8 Å². The molecule has 0 unspecified atom stereocenters. The highest BCUT2D eigenvalue weighted by atomic mass is 32.2. The average molecular weight is 218 g/mol. The maximum absolute atomic E-state index is 11.7. The highest BCUT2D eigenvalue weighted by molar-refractivity contribution is 7.93. The molecule has 1 saturated carbocycles. The zero-order valence-electron chi connectivity index (χ0n) is 9.28. The molecule has 0 radical (unpaired) electrons. The summed E-state index contributed by atoms with van der Waals surface area (Å²) < 4.78 is 24.2. The summed E-state index contributed by atoms with van der Waals surface area (Å²) in [5.74, 6) is 0.411. The second-order valence-corrected chi connectivity index (χ2v) is 7.84. The van der Waals surface area contributed by atoms with E-state index >= 15 is 0 Å². The maximum Gasteiger partial charge on any atom is 0.165 e. The molecule has 1 aliphatic heterocycles. The molecule has 0 aromatic rings. The van der Waals surface area contributed by atoms with Gasteiger partial charge in [-0.1, -0.05) is 6.42 Å². The van der Waals surface area contributed by atoms with Gasteiger partial charge in [0.25, 0.3) is 0 Å². The summed E-state index contributed by atoms with van der Waals surface area (Å²) in [6, 6.07) is 0. The van der Waals surface area contributed by atoms with Crippen LogP contribution < -0.4 is 0 Å². The van der Waals surface area contributed by atoms with Crippen molar-refractivity contribution >= 4 is 9.84 Å². The van der Waals surface area contributed by atoms with E-state index in [1.54, 1.807) is 0 Å². The summed E-state index contributed by atoms with van der Waals surface area (Å²) in [7, 11) is 3.66. The number of nitrogens with zero attached hydrogens (tertiary/aromatic N) is 1. The number of hydrogen-bond acceptors (Lipinski definition) is 2. The fraction of sp³-hybridized carbons (Fsp3) is 1.00. The van der Waals surface area contributed by atoms with E-state index < -0.39 is 9.84 Å². The van der Waals surface area contributed by atoms with E-state index in [1.807, 2.05) is 0 Å². The SMILES string of the molecule is C[N+](C)(C)[C@]12CCCC[C@@H]1S(=O)(=O)C2. The van der Waals surface area contributed by atoms with E-state index in [1.165, 1.54) is 6.42 Å². The normalized spacial score (nSPS) is 41.2. The molecule has 1 saturated heterocycles. The largest absolute Gasteiger partial charge is 0.324 e. The van der Waals surface area contributed by atoms with Crippen molar-refractivity contribution in [1.82, 2.24) is 0 Å². The lowest BCUT2D eigenvalue weighted by atomic mass is 9.79. The molecule has 82 valence electrons. The second-order valence-electron chi connectivity index (χ2n) is 5.66. The van der Waals surface area contributed by atoms with Crippen LogP contribution in [0.2, 0.25) is 0 Å². The molecule has 1 heterocycles. The molecule has 0 aromatic heterocycles. The third-order valence-electron chi connectivity index (χ3n) is 4.15. The van der Waals surface area contributed by atoms with Crippen molar-refractivity contribution < 1.29 is 12.9 Å². The zero-order chi connectivity index (χ0) is 10.6. The van der Waals surface area contributed by atoms with Crippen LogP contribution in [0.3, 0.4) is 0 Å². The monoisotopic (exact) mass is 218 g/mol. The number of quaternary nitrogens is 1. The molecule has 2 fully saturated rings. The van der Waals surface area contributed by atoms with Crippen LogP contribution >= 0.6 is 0 Å². The predicted octanol–water partition coefficient (Wildman–Crippen LogP) is 0.802. The van der Waals surface area contributed by atoms with Gasteiger partial charge in [-0.3, -0.25) is 0 Å². The molecule has 0 spiro atoms. The van der Waals surface area contributed by atoms with Gasteiger partial charge in [-0.15, -0.1) is 0 Å². The van der Waals surface area contributed by atoms with Gasteiger partial charge in [0.15, 0.2) is 9.84 Å². The third kappa shape index (κ3) is 1.16. The van der Waals surface area contributed by atoms with Gasteiger partial charge in [-0.25, -0.2) is 8.42 Å². The molecule has 2 rings (SSSR count). The first-order valence-corrected chi connectivity index (χ1v) is 7.04. The third-order valence-corrected chi connectivity index (χ3v) is 6.59. The first-order valence-electron chi connectivity index (χ1n) is 5.33. The molecular weight excluding hydrogens is 198 g/mol. The standard InChI is InChI=1S/C10H20NO2S/c1-11(2,3)10-7-5-4-6-9(10)14(12,13)8-10/h9H,4-8H2,1-3H3/q+1/t9-,10-/m0/s1. The summed E-state index contributed by atoms with van der Waals surface area (Å²) in [6.07, 6.45) is 4.26.